The summed E-state index contributed by atoms with van der Waals surface area (Å²) in [4.78, 5) is 10.6. The van der Waals surface area contributed by atoms with Crippen molar-refractivity contribution in [2.45, 2.75) is 38.8 Å². The molecule has 0 spiro atoms. The highest BCUT2D eigenvalue weighted by molar-refractivity contribution is 5.43. The van der Waals surface area contributed by atoms with Crippen LogP contribution < -0.4 is 10.2 Å². The Kier molecular flexibility index (Phi) is 3.72. The average molecular weight is 220 g/mol. The Hall–Kier alpha value is -1.16. The van der Waals surface area contributed by atoms with Crippen molar-refractivity contribution in [3.05, 3.63) is 18.7 Å². The molecule has 1 aromatic heterocycles. The maximum absolute atomic E-state index is 4.09. The van der Waals surface area contributed by atoms with E-state index in [0.717, 1.165) is 18.8 Å². The molecule has 88 valence electrons. The predicted molar refractivity (Wildman–Crippen MR) is 65.5 cm³/mol. The minimum atomic E-state index is 0.513. The van der Waals surface area contributed by atoms with Crippen LogP contribution >= 0.6 is 0 Å². The number of nitrogens with zero attached hydrogens (tertiary/aromatic N) is 3. The summed E-state index contributed by atoms with van der Waals surface area (Å²) in [6.07, 6.45) is 7.84. The smallest absolute Gasteiger partial charge is 0.115 e. The van der Waals surface area contributed by atoms with E-state index in [-0.39, 0.29) is 0 Å². The maximum atomic E-state index is 4.09. The Morgan fingerprint density at radius 1 is 1.44 bits per heavy atom. The fourth-order valence-corrected chi connectivity index (χ4v) is 2.27. The van der Waals surface area contributed by atoms with E-state index >= 15 is 0 Å². The first-order valence-corrected chi connectivity index (χ1v) is 6.06. The van der Waals surface area contributed by atoms with E-state index in [9.17, 15) is 0 Å². The first-order valence-electron chi connectivity index (χ1n) is 6.06. The molecule has 1 fully saturated rings. The van der Waals surface area contributed by atoms with Crippen molar-refractivity contribution in [3.8, 4) is 0 Å². The van der Waals surface area contributed by atoms with Gasteiger partial charge in [0.2, 0.25) is 0 Å². The van der Waals surface area contributed by atoms with Crippen LogP contribution in [0.25, 0.3) is 0 Å². The summed E-state index contributed by atoms with van der Waals surface area (Å²) in [5.74, 6) is 0. The first kappa shape index (κ1) is 11.3. The largest absolute Gasteiger partial charge is 0.363 e. The van der Waals surface area contributed by atoms with Crippen LogP contribution in [0.5, 0.6) is 0 Å². The second kappa shape index (κ2) is 5.25. The lowest BCUT2D eigenvalue weighted by molar-refractivity contribution is 0.386. The monoisotopic (exact) mass is 220 g/mol. The number of hydrogen-bond donors (Lipinski definition) is 1. The normalized spacial score (nSPS) is 25.8. The topological polar surface area (TPSA) is 41.1 Å². The van der Waals surface area contributed by atoms with Gasteiger partial charge >= 0.3 is 0 Å². The molecule has 2 atom stereocenters. The molecular formula is C12H20N4. The molecule has 0 aromatic carbocycles. The molecule has 0 amide bonds. The third kappa shape index (κ3) is 2.50. The quantitative estimate of drug-likeness (QED) is 0.837. The van der Waals surface area contributed by atoms with Gasteiger partial charge in [0.05, 0.1) is 18.1 Å². The lowest BCUT2D eigenvalue weighted by atomic mass is 10.1. The second-order valence-corrected chi connectivity index (χ2v) is 4.49. The summed E-state index contributed by atoms with van der Waals surface area (Å²) in [6.45, 7) is 6.57. The van der Waals surface area contributed by atoms with Crippen molar-refractivity contribution in [2.75, 3.05) is 18.0 Å². The molecule has 16 heavy (non-hydrogen) atoms. The number of aromatic nitrogens is 2. The zero-order valence-corrected chi connectivity index (χ0v) is 10.1. The van der Waals surface area contributed by atoms with Gasteiger partial charge in [-0.1, -0.05) is 13.3 Å². The third-order valence-electron chi connectivity index (χ3n) is 3.17. The van der Waals surface area contributed by atoms with Crippen LogP contribution in [-0.2, 0) is 0 Å². The molecule has 4 heteroatoms. The van der Waals surface area contributed by atoms with Crippen LogP contribution in [0.2, 0.25) is 0 Å². The molecule has 0 aliphatic carbocycles. The fraction of sp³-hybridized carbons (Fsp3) is 0.667. The molecule has 1 aliphatic rings. The molecule has 4 nitrogen and oxygen atoms in total. The minimum Gasteiger partial charge on any atom is -0.363 e. The molecule has 1 saturated heterocycles. The van der Waals surface area contributed by atoms with Crippen molar-refractivity contribution in [2.24, 2.45) is 0 Å². The highest BCUT2D eigenvalue weighted by atomic mass is 15.2. The van der Waals surface area contributed by atoms with Gasteiger partial charge in [-0.3, -0.25) is 0 Å². The predicted octanol–water partition coefficient (Wildman–Crippen LogP) is 1.44. The first-order chi connectivity index (χ1) is 7.81. The van der Waals surface area contributed by atoms with Gasteiger partial charge in [0, 0.05) is 25.2 Å². The van der Waals surface area contributed by atoms with E-state index in [1.54, 1.807) is 6.33 Å². The van der Waals surface area contributed by atoms with E-state index in [4.69, 9.17) is 0 Å². The van der Waals surface area contributed by atoms with Crippen molar-refractivity contribution in [3.63, 3.8) is 0 Å². The molecular weight excluding hydrogens is 200 g/mol. The Balaban J connectivity index is 2.07. The van der Waals surface area contributed by atoms with E-state index in [2.05, 4.69) is 34.0 Å². The van der Waals surface area contributed by atoms with Gasteiger partial charge in [-0.25, -0.2) is 9.97 Å². The van der Waals surface area contributed by atoms with Crippen LogP contribution in [0, 0.1) is 0 Å². The van der Waals surface area contributed by atoms with Crippen LogP contribution in [-0.4, -0.2) is 35.1 Å². The number of piperazine rings is 1. The summed E-state index contributed by atoms with van der Waals surface area (Å²) >= 11 is 0. The molecule has 0 bridgehead atoms. The van der Waals surface area contributed by atoms with Gasteiger partial charge in [-0.2, -0.15) is 0 Å². The fourth-order valence-electron chi connectivity index (χ4n) is 2.27. The van der Waals surface area contributed by atoms with Crippen LogP contribution in [0.3, 0.4) is 0 Å². The maximum Gasteiger partial charge on any atom is 0.115 e. The van der Waals surface area contributed by atoms with Crippen LogP contribution in [0.1, 0.15) is 26.7 Å². The lowest BCUT2D eigenvalue weighted by Gasteiger charge is -2.40. The van der Waals surface area contributed by atoms with E-state index in [1.165, 1.54) is 12.8 Å². The van der Waals surface area contributed by atoms with Crippen LogP contribution in [0.4, 0.5) is 5.69 Å². The SMILES string of the molecule is CCCC1CN(c2cncnc2)C(C)CN1. The summed E-state index contributed by atoms with van der Waals surface area (Å²) in [6, 6.07) is 1.11. The highest BCUT2D eigenvalue weighted by Crippen LogP contribution is 2.18. The molecule has 2 unspecified atom stereocenters. The van der Waals surface area contributed by atoms with E-state index < -0.39 is 0 Å². The molecule has 2 heterocycles. The highest BCUT2D eigenvalue weighted by Gasteiger charge is 2.24. The summed E-state index contributed by atoms with van der Waals surface area (Å²) in [7, 11) is 0. The molecule has 0 radical (unpaired) electrons. The Morgan fingerprint density at radius 2 is 2.19 bits per heavy atom. The Morgan fingerprint density at radius 3 is 2.88 bits per heavy atom. The number of anilines is 1. The zero-order chi connectivity index (χ0) is 11.4. The standard InChI is InChI=1S/C12H20N4/c1-3-4-11-8-16(10(2)5-15-11)12-6-13-9-14-7-12/h6-7,9-11,15H,3-5,8H2,1-2H3. The zero-order valence-electron chi connectivity index (χ0n) is 10.1. The van der Waals surface area contributed by atoms with Gasteiger partial charge < -0.3 is 10.2 Å². The van der Waals surface area contributed by atoms with Gasteiger partial charge in [0.1, 0.15) is 6.33 Å². The Labute approximate surface area is 97.1 Å². The van der Waals surface area contributed by atoms with E-state index in [0.29, 0.717) is 12.1 Å². The molecule has 1 N–H and O–H groups in total. The van der Waals surface area contributed by atoms with Gasteiger partial charge in [-0.05, 0) is 13.3 Å². The summed E-state index contributed by atoms with van der Waals surface area (Å²) < 4.78 is 0. The molecule has 0 saturated carbocycles. The van der Waals surface area contributed by atoms with Gasteiger partial charge in [0.25, 0.3) is 0 Å². The van der Waals surface area contributed by atoms with Crippen LogP contribution in [0.15, 0.2) is 18.7 Å². The van der Waals surface area contributed by atoms with Crippen molar-refractivity contribution >= 4 is 5.69 Å². The number of nitrogens with one attached hydrogen (secondary N) is 1. The third-order valence-corrected chi connectivity index (χ3v) is 3.17. The molecule has 1 aliphatic heterocycles. The minimum absolute atomic E-state index is 0.513. The number of hydrogen-bond acceptors (Lipinski definition) is 4. The molecule has 2 rings (SSSR count). The summed E-state index contributed by atoms with van der Waals surface area (Å²) in [5.41, 5.74) is 1.14. The number of rotatable bonds is 3. The van der Waals surface area contributed by atoms with E-state index in [1.807, 2.05) is 12.4 Å². The van der Waals surface area contributed by atoms with Gasteiger partial charge in [0.15, 0.2) is 0 Å². The average Bonchev–Trinajstić information content (AvgIpc) is 2.33. The van der Waals surface area contributed by atoms with Gasteiger partial charge in [-0.15, -0.1) is 0 Å². The second-order valence-electron chi connectivity index (χ2n) is 4.49. The van der Waals surface area contributed by atoms with Crippen molar-refractivity contribution in [1.29, 1.82) is 0 Å². The summed E-state index contributed by atoms with van der Waals surface area (Å²) in [5, 5.41) is 3.59. The van der Waals surface area contributed by atoms with Crippen molar-refractivity contribution in [1.82, 2.24) is 15.3 Å². The molecule has 1 aromatic rings. The Bertz CT molecular complexity index is 314. The van der Waals surface area contributed by atoms with Crippen molar-refractivity contribution < 1.29 is 0 Å². The lowest BCUT2D eigenvalue weighted by Crippen LogP contribution is -2.55.